The summed E-state index contributed by atoms with van der Waals surface area (Å²) in [4.78, 5) is 17.8. The molecule has 1 heterocycles. The van der Waals surface area contributed by atoms with E-state index in [-0.39, 0.29) is 11.7 Å². The van der Waals surface area contributed by atoms with Crippen molar-refractivity contribution in [2.75, 3.05) is 11.1 Å². The highest BCUT2D eigenvalue weighted by Gasteiger charge is 2.18. The molecule has 0 unspecified atom stereocenters. The number of benzene rings is 3. The summed E-state index contributed by atoms with van der Waals surface area (Å²) in [5.41, 5.74) is 6.59. The van der Waals surface area contributed by atoms with E-state index in [0.29, 0.717) is 17.0 Å². The summed E-state index contributed by atoms with van der Waals surface area (Å²) < 4.78 is 0. The van der Waals surface area contributed by atoms with Crippen molar-refractivity contribution in [3.8, 4) is 22.5 Å². The van der Waals surface area contributed by atoms with E-state index in [1.165, 1.54) is 11.8 Å². The van der Waals surface area contributed by atoms with E-state index >= 15 is 0 Å². The van der Waals surface area contributed by atoms with Gasteiger partial charge in [0.15, 0.2) is 0 Å². The Hall–Kier alpha value is -3.51. The summed E-state index contributed by atoms with van der Waals surface area (Å²) in [7, 11) is 0. The minimum atomic E-state index is -0.0815. The maximum Gasteiger partial charge on any atom is 0.234 e. The quantitative estimate of drug-likeness (QED) is 0.269. The summed E-state index contributed by atoms with van der Waals surface area (Å²) >= 11 is 1.29. The predicted molar refractivity (Wildman–Crippen MR) is 145 cm³/mol. The van der Waals surface area contributed by atoms with E-state index in [9.17, 15) is 4.79 Å². The van der Waals surface area contributed by atoms with E-state index in [4.69, 9.17) is 4.98 Å². The predicted octanol–water partition coefficient (Wildman–Crippen LogP) is 7.18. The molecular weight excluding hydrogens is 452 g/mol. The Morgan fingerprint density at radius 2 is 1.29 bits per heavy atom. The van der Waals surface area contributed by atoms with E-state index in [2.05, 4.69) is 61.4 Å². The van der Waals surface area contributed by atoms with Crippen molar-refractivity contribution in [1.29, 1.82) is 0 Å². The number of rotatable bonds is 8. The summed E-state index contributed by atoms with van der Waals surface area (Å²) in [6, 6.07) is 26.1. The maximum atomic E-state index is 13.0. The molecule has 1 aromatic heterocycles. The van der Waals surface area contributed by atoms with Crippen LogP contribution in [-0.2, 0) is 4.79 Å². The van der Waals surface area contributed by atoms with Crippen LogP contribution in [0, 0.1) is 0 Å². The van der Waals surface area contributed by atoms with Crippen molar-refractivity contribution in [2.45, 2.75) is 44.7 Å². The van der Waals surface area contributed by atoms with Crippen LogP contribution in [0.4, 0.5) is 5.69 Å². The van der Waals surface area contributed by atoms with Crippen molar-refractivity contribution >= 4 is 23.4 Å². The van der Waals surface area contributed by atoms with Gasteiger partial charge in [0, 0.05) is 16.8 Å². The number of thioether (sulfide) groups is 1. The molecule has 5 nitrogen and oxygen atoms in total. The Labute approximate surface area is 211 Å². The third kappa shape index (κ3) is 5.95. The third-order valence-corrected chi connectivity index (χ3v) is 6.57. The lowest BCUT2D eigenvalue weighted by Crippen LogP contribution is -2.18. The average molecular weight is 483 g/mol. The fourth-order valence-corrected chi connectivity index (χ4v) is 4.55. The van der Waals surface area contributed by atoms with Crippen LogP contribution in [0.3, 0.4) is 0 Å². The Balaban J connectivity index is 1.57. The second kappa shape index (κ2) is 11.3. The number of para-hydroxylation sites is 1. The van der Waals surface area contributed by atoms with Gasteiger partial charge in [-0.2, -0.15) is 0 Å². The molecule has 1 amide bonds. The molecule has 0 aliphatic heterocycles. The lowest BCUT2D eigenvalue weighted by molar-refractivity contribution is -0.113. The van der Waals surface area contributed by atoms with Gasteiger partial charge < -0.3 is 5.32 Å². The largest absolute Gasteiger partial charge is 0.325 e. The molecule has 4 rings (SSSR count). The Morgan fingerprint density at radius 1 is 0.743 bits per heavy atom. The average Bonchev–Trinajstić information content (AvgIpc) is 2.88. The first kappa shape index (κ1) is 24.6. The molecule has 178 valence electrons. The Kier molecular flexibility index (Phi) is 7.93. The van der Waals surface area contributed by atoms with Gasteiger partial charge in [0.1, 0.15) is 11.4 Å². The standard InChI is InChI=1S/C29H30N4OS/c1-19(2)23-16-11-17-24(20(3)4)28(23)30-25(34)18-35-29-31-26(21-12-7-5-8-13-21)27(32-33-29)22-14-9-6-10-15-22/h5-17,19-20H,18H2,1-4H3,(H,30,34). The monoisotopic (exact) mass is 482 g/mol. The Morgan fingerprint density at radius 3 is 1.83 bits per heavy atom. The normalized spacial score (nSPS) is 11.1. The maximum absolute atomic E-state index is 13.0. The highest BCUT2D eigenvalue weighted by atomic mass is 32.2. The minimum Gasteiger partial charge on any atom is -0.325 e. The zero-order valence-electron chi connectivity index (χ0n) is 20.5. The molecule has 4 aromatic rings. The number of carbonyl (C=O) groups is 1. The minimum absolute atomic E-state index is 0.0815. The SMILES string of the molecule is CC(C)c1cccc(C(C)C)c1NC(=O)CSc1nnc(-c2ccccc2)c(-c2ccccc2)n1. The van der Waals surface area contributed by atoms with E-state index < -0.39 is 0 Å². The third-order valence-electron chi connectivity index (χ3n) is 5.73. The van der Waals surface area contributed by atoms with Gasteiger partial charge in [0.05, 0.1) is 5.75 Å². The molecule has 0 aliphatic carbocycles. The molecule has 0 saturated heterocycles. The topological polar surface area (TPSA) is 67.8 Å². The molecule has 0 radical (unpaired) electrons. The fraction of sp³-hybridized carbons (Fsp3) is 0.241. The van der Waals surface area contributed by atoms with Gasteiger partial charge in [0.25, 0.3) is 0 Å². The zero-order valence-corrected chi connectivity index (χ0v) is 21.3. The van der Waals surface area contributed by atoms with Gasteiger partial charge in [-0.3, -0.25) is 4.79 Å². The lowest BCUT2D eigenvalue weighted by Gasteiger charge is -2.20. The van der Waals surface area contributed by atoms with Crippen molar-refractivity contribution in [1.82, 2.24) is 15.2 Å². The number of aromatic nitrogens is 3. The summed E-state index contributed by atoms with van der Waals surface area (Å²) in [5.74, 6) is 0.734. The van der Waals surface area contributed by atoms with Crippen LogP contribution in [0.5, 0.6) is 0 Å². The van der Waals surface area contributed by atoms with E-state index in [0.717, 1.165) is 39.3 Å². The Bertz CT molecular complexity index is 1260. The van der Waals surface area contributed by atoms with Crippen LogP contribution < -0.4 is 5.32 Å². The van der Waals surface area contributed by atoms with Crippen LogP contribution in [0.15, 0.2) is 84.0 Å². The molecular formula is C29H30N4OS. The van der Waals surface area contributed by atoms with Crippen molar-refractivity contribution < 1.29 is 4.79 Å². The van der Waals surface area contributed by atoms with Crippen LogP contribution in [-0.4, -0.2) is 26.8 Å². The summed E-state index contributed by atoms with van der Waals surface area (Å²) in [5, 5.41) is 12.5. The first-order chi connectivity index (χ1) is 16.9. The van der Waals surface area contributed by atoms with Gasteiger partial charge in [0.2, 0.25) is 11.1 Å². The molecule has 0 spiro atoms. The molecule has 3 aromatic carbocycles. The fourth-order valence-electron chi connectivity index (χ4n) is 3.96. The highest BCUT2D eigenvalue weighted by Crippen LogP contribution is 2.33. The van der Waals surface area contributed by atoms with E-state index in [1.54, 1.807) is 0 Å². The van der Waals surface area contributed by atoms with Gasteiger partial charge in [-0.05, 0) is 23.0 Å². The van der Waals surface area contributed by atoms with Crippen molar-refractivity contribution in [3.63, 3.8) is 0 Å². The number of nitrogens with one attached hydrogen (secondary N) is 1. The molecule has 35 heavy (non-hydrogen) atoms. The number of carbonyl (C=O) groups excluding carboxylic acids is 1. The summed E-state index contributed by atoms with van der Waals surface area (Å²) in [6.07, 6.45) is 0. The van der Waals surface area contributed by atoms with Crippen LogP contribution in [0.25, 0.3) is 22.5 Å². The van der Waals surface area contributed by atoms with Crippen LogP contribution in [0.1, 0.15) is 50.7 Å². The second-order valence-electron chi connectivity index (χ2n) is 8.98. The first-order valence-electron chi connectivity index (χ1n) is 11.8. The van der Waals surface area contributed by atoms with Gasteiger partial charge in [-0.1, -0.05) is 118 Å². The number of nitrogens with zero attached hydrogens (tertiary/aromatic N) is 3. The van der Waals surface area contributed by atoms with E-state index in [1.807, 2.05) is 60.7 Å². The number of hydrogen-bond donors (Lipinski definition) is 1. The van der Waals surface area contributed by atoms with Crippen molar-refractivity contribution in [3.05, 3.63) is 90.0 Å². The van der Waals surface area contributed by atoms with Gasteiger partial charge in [-0.25, -0.2) is 4.98 Å². The smallest absolute Gasteiger partial charge is 0.234 e. The molecule has 1 N–H and O–H groups in total. The highest BCUT2D eigenvalue weighted by molar-refractivity contribution is 7.99. The van der Waals surface area contributed by atoms with Gasteiger partial charge >= 0.3 is 0 Å². The lowest BCUT2D eigenvalue weighted by atomic mass is 9.92. The van der Waals surface area contributed by atoms with Crippen molar-refractivity contribution in [2.24, 2.45) is 0 Å². The first-order valence-corrected chi connectivity index (χ1v) is 12.8. The van der Waals surface area contributed by atoms with Crippen LogP contribution in [0.2, 0.25) is 0 Å². The molecule has 0 saturated carbocycles. The molecule has 0 atom stereocenters. The van der Waals surface area contributed by atoms with Gasteiger partial charge in [-0.15, -0.1) is 10.2 Å². The molecule has 0 fully saturated rings. The molecule has 0 bridgehead atoms. The molecule has 0 aliphatic rings. The number of amides is 1. The zero-order chi connectivity index (χ0) is 24.8. The number of anilines is 1. The number of hydrogen-bond acceptors (Lipinski definition) is 5. The summed E-state index contributed by atoms with van der Waals surface area (Å²) in [6.45, 7) is 8.57. The van der Waals surface area contributed by atoms with Crippen LogP contribution >= 0.6 is 11.8 Å². The second-order valence-corrected chi connectivity index (χ2v) is 9.92. The molecule has 6 heteroatoms.